The number of halogens is 1. The molecule has 0 aliphatic heterocycles. The smallest absolute Gasteiger partial charge is 0.253 e. The summed E-state index contributed by atoms with van der Waals surface area (Å²) in [6.45, 7) is 4.79. The van der Waals surface area contributed by atoms with Gasteiger partial charge >= 0.3 is 0 Å². The van der Waals surface area contributed by atoms with Crippen LogP contribution in [-0.4, -0.2) is 32.0 Å². The van der Waals surface area contributed by atoms with Gasteiger partial charge in [0.15, 0.2) is 6.29 Å². The van der Waals surface area contributed by atoms with Crippen molar-refractivity contribution >= 4 is 11.6 Å². The highest BCUT2D eigenvalue weighted by molar-refractivity contribution is 5.99. The monoisotopic (exact) mass is 270 g/mol. The number of hydrogen-bond acceptors (Lipinski definition) is 4. The van der Waals surface area contributed by atoms with E-state index in [2.05, 4.69) is 5.32 Å². The van der Waals surface area contributed by atoms with Crippen LogP contribution < -0.4 is 11.1 Å². The number of nitrogens with one attached hydrogen (secondary N) is 1. The summed E-state index contributed by atoms with van der Waals surface area (Å²) in [7, 11) is 0. The second kappa shape index (κ2) is 7.70. The largest absolute Gasteiger partial charge is 0.396 e. The molecule has 0 saturated heterocycles. The lowest BCUT2D eigenvalue weighted by Gasteiger charge is -2.17. The summed E-state index contributed by atoms with van der Waals surface area (Å²) in [5, 5.41) is 2.60. The van der Waals surface area contributed by atoms with Gasteiger partial charge in [0.05, 0.1) is 17.8 Å². The fourth-order valence-electron chi connectivity index (χ4n) is 1.54. The maximum Gasteiger partial charge on any atom is 0.253 e. The van der Waals surface area contributed by atoms with Gasteiger partial charge in [0, 0.05) is 13.2 Å². The van der Waals surface area contributed by atoms with Crippen molar-refractivity contribution in [2.24, 2.45) is 0 Å². The second-order valence-electron chi connectivity index (χ2n) is 3.75. The third-order valence-corrected chi connectivity index (χ3v) is 2.43. The molecule has 5 nitrogen and oxygen atoms in total. The molecule has 0 aliphatic carbocycles. The number of nitrogen functional groups attached to an aromatic ring is 1. The number of amides is 1. The van der Waals surface area contributed by atoms with Crippen molar-refractivity contribution in [3.8, 4) is 0 Å². The number of para-hydroxylation sites is 1. The van der Waals surface area contributed by atoms with Gasteiger partial charge in [0.1, 0.15) is 5.82 Å². The van der Waals surface area contributed by atoms with E-state index in [0.717, 1.165) is 0 Å². The molecule has 0 aromatic heterocycles. The van der Waals surface area contributed by atoms with Crippen molar-refractivity contribution in [1.82, 2.24) is 5.32 Å². The lowest BCUT2D eigenvalue weighted by atomic mass is 10.1. The van der Waals surface area contributed by atoms with Crippen LogP contribution in [0.25, 0.3) is 0 Å². The molecule has 3 N–H and O–H groups in total. The molecule has 6 heteroatoms. The van der Waals surface area contributed by atoms with Crippen molar-refractivity contribution in [3.05, 3.63) is 29.6 Å². The molecule has 1 aromatic carbocycles. The molecule has 0 bridgehead atoms. The minimum Gasteiger partial charge on any atom is -0.396 e. The summed E-state index contributed by atoms with van der Waals surface area (Å²) < 4.78 is 23.8. The average molecular weight is 270 g/mol. The lowest BCUT2D eigenvalue weighted by molar-refractivity contribution is -0.131. The van der Waals surface area contributed by atoms with Crippen LogP contribution >= 0.6 is 0 Å². The third kappa shape index (κ3) is 4.50. The zero-order valence-corrected chi connectivity index (χ0v) is 11.1. The van der Waals surface area contributed by atoms with Gasteiger partial charge in [-0.2, -0.15) is 0 Å². The van der Waals surface area contributed by atoms with Crippen molar-refractivity contribution < 1.29 is 18.7 Å². The number of anilines is 1. The Bertz CT molecular complexity index is 420. The molecular formula is C13H19FN2O3. The quantitative estimate of drug-likeness (QED) is 0.582. The van der Waals surface area contributed by atoms with E-state index in [1.165, 1.54) is 18.2 Å². The van der Waals surface area contributed by atoms with Crippen LogP contribution in [0.2, 0.25) is 0 Å². The molecule has 0 aliphatic rings. The van der Waals surface area contributed by atoms with Gasteiger partial charge in [-0.15, -0.1) is 0 Å². The van der Waals surface area contributed by atoms with Crippen molar-refractivity contribution in [2.75, 3.05) is 25.5 Å². The Morgan fingerprint density at radius 2 is 2.00 bits per heavy atom. The maximum absolute atomic E-state index is 13.2. The highest BCUT2D eigenvalue weighted by atomic mass is 19.1. The summed E-state index contributed by atoms with van der Waals surface area (Å²) in [6, 6.07) is 4.10. The maximum atomic E-state index is 13.2. The molecule has 1 rings (SSSR count). The zero-order chi connectivity index (χ0) is 14.3. The lowest BCUT2D eigenvalue weighted by Crippen LogP contribution is -2.35. The SMILES string of the molecule is CCOC(CNC(=O)c1cccc(F)c1N)OCC. The number of benzene rings is 1. The van der Waals surface area contributed by atoms with E-state index < -0.39 is 18.0 Å². The van der Waals surface area contributed by atoms with E-state index >= 15 is 0 Å². The molecule has 19 heavy (non-hydrogen) atoms. The van der Waals surface area contributed by atoms with Crippen molar-refractivity contribution in [3.63, 3.8) is 0 Å². The molecule has 1 aromatic rings. The van der Waals surface area contributed by atoms with Crippen LogP contribution in [-0.2, 0) is 9.47 Å². The fraction of sp³-hybridized carbons (Fsp3) is 0.462. The molecule has 0 radical (unpaired) electrons. The average Bonchev–Trinajstić information content (AvgIpc) is 2.39. The number of ether oxygens (including phenoxy) is 2. The normalized spacial score (nSPS) is 10.7. The highest BCUT2D eigenvalue weighted by Gasteiger charge is 2.15. The van der Waals surface area contributed by atoms with E-state index in [4.69, 9.17) is 15.2 Å². The van der Waals surface area contributed by atoms with Crippen molar-refractivity contribution in [2.45, 2.75) is 20.1 Å². The van der Waals surface area contributed by atoms with E-state index in [1.54, 1.807) is 0 Å². The number of hydrogen-bond donors (Lipinski definition) is 2. The molecule has 0 atom stereocenters. The van der Waals surface area contributed by atoms with Crippen molar-refractivity contribution in [1.29, 1.82) is 0 Å². The fourth-order valence-corrected chi connectivity index (χ4v) is 1.54. The standard InChI is InChI=1S/C13H19FN2O3/c1-3-18-11(19-4-2)8-16-13(17)9-6-5-7-10(14)12(9)15/h5-7,11H,3-4,8,15H2,1-2H3,(H,16,17). The Balaban J connectivity index is 2.61. The van der Waals surface area contributed by atoms with Gasteiger partial charge in [0.2, 0.25) is 0 Å². The van der Waals surface area contributed by atoms with Gasteiger partial charge in [0.25, 0.3) is 5.91 Å². The molecule has 0 fully saturated rings. The van der Waals surface area contributed by atoms with Crippen LogP contribution in [0.15, 0.2) is 18.2 Å². The summed E-state index contributed by atoms with van der Waals surface area (Å²) in [6.07, 6.45) is -0.520. The van der Waals surface area contributed by atoms with E-state index in [0.29, 0.717) is 13.2 Å². The molecule has 0 saturated carbocycles. The second-order valence-corrected chi connectivity index (χ2v) is 3.75. The Kier molecular flexibility index (Phi) is 6.24. The molecule has 1 amide bonds. The third-order valence-electron chi connectivity index (χ3n) is 2.43. The number of carbonyl (C=O) groups excluding carboxylic acids is 1. The summed E-state index contributed by atoms with van der Waals surface area (Å²) in [5.74, 6) is -1.07. The van der Waals surface area contributed by atoms with E-state index in [-0.39, 0.29) is 17.8 Å². The Morgan fingerprint density at radius 1 is 1.37 bits per heavy atom. The highest BCUT2D eigenvalue weighted by Crippen LogP contribution is 2.15. The van der Waals surface area contributed by atoms with Crippen LogP contribution in [0, 0.1) is 5.82 Å². The summed E-state index contributed by atoms with van der Waals surface area (Å²) in [4.78, 5) is 11.9. The first-order chi connectivity index (χ1) is 9.10. The summed E-state index contributed by atoms with van der Waals surface area (Å²) in [5.41, 5.74) is 5.45. The molecule has 0 spiro atoms. The first-order valence-corrected chi connectivity index (χ1v) is 6.15. The minimum absolute atomic E-state index is 0.103. The molecule has 0 heterocycles. The predicted octanol–water partition coefficient (Wildman–Crippen LogP) is 1.54. The van der Waals surface area contributed by atoms with Gasteiger partial charge in [-0.1, -0.05) is 6.07 Å². The topological polar surface area (TPSA) is 73.6 Å². The Hall–Kier alpha value is -1.66. The molecular weight excluding hydrogens is 251 g/mol. The van der Waals surface area contributed by atoms with Gasteiger partial charge < -0.3 is 20.5 Å². The number of carbonyl (C=O) groups is 1. The van der Waals surface area contributed by atoms with E-state index in [9.17, 15) is 9.18 Å². The first kappa shape index (κ1) is 15.4. The van der Waals surface area contributed by atoms with Gasteiger partial charge in [-0.25, -0.2) is 4.39 Å². The predicted molar refractivity (Wildman–Crippen MR) is 70.2 cm³/mol. The Labute approximate surface area is 111 Å². The van der Waals surface area contributed by atoms with Gasteiger partial charge in [-0.05, 0) is 26.0 Å². The molecule has 106 valence electrons. The number of rotatable bonds is 7. The Morgan fingerprint density at radius 3 is 2.58 bits per heavy atom. The summed E-state index contributed by atoms with van der Waals surface area (Å²) >= 11 is 0. The van der Waals surface area contributed by atoms with Gasteiger partial charge in [-0.3, -0.25) is 4.79 Å². The molecule has 0 unspecified atom stereocenters. The van der Waals surface area contributed by atoms with Crippen LogP contribution in [0.5, 0.6) is 0 Å². The van der Waals surface area contributed by atoms with Crippen LogP contribution in [0.1, 0.15) is 24.2 Å². The minimum atomic E-state index is -0.612. The van der Waals surface area contributed by atoms with Crippen LogP contribution in [0.3, 0.4) is 0 Å². The number of nitrogens with two attached hydrogens (primary N) is 1. The zero-order valence-electron chi connectivity index (χ0n) is 11.1. The first-order valence-electron chi connectivity index (χ1n) is 6.15. The van der Waals surface area contributed by atoms with E-state index in [1.807, 2.05) is 13.8 Å². The van der Waals surface area contributed by atoms with Crippen LogP contribution in [0.4, 0.5) is 10.1 Å².